The predicted octanol–water partition coefficient (Wildman–Crippen LogP) is 12.5. The van der Waals surface area contributed by atoms with E-state index in [0.29, 0.717) is 5.56 Å². The molecule has 0 spiro atoms. The normalized spacial score (nSPS) is 12.0. The highest BCUT2D eigenvalue weighted by atomic mass is 19.4. The summed E-state index contributed by atoms with van der Waals surface area (Å²) in [7, 11) is 0. The van der Waals surface area contributed by atoms with Crippen molar-refractivity contribution in [1.82, 2.24) is 0 Å². The van der Waals surface area contributed by atoms with Gasteiger partial charge in [0, 0.05) is 0 Å². The second kappa shape index (κ2) is 10.3. The highest BCUT2D eigenvalue weighted by Gasteiger charge is 2.31. The Morgan fingerprint density at radius 3 is 1.71 bits per heavy atom. The van der Waals surface area contributed by atoms with Crippen LogP contribution in [-0.4, -0.2) is 0 Å². The standard InChI is InChI=1S/C41H24F4/c42-30-19-16-25(17-20-30)26-18-21-36-38(23-26)39(28-9-7-10-29(22-28)41(43,44)45)34-14-5-6-15-35(34)40(36)37-24-27-8-1-2-11-31(27)32-12-3-4-13-33(32)37/h1-24H. The maximum atomic E-state index is 14.0. The maximum absolute atomic E-state index is 14.0. The van der Waals surface area contributed by atoms with Gasteiger partial charge in [-0.05, 0) is 113 Å². The van der Waals surface area contributed by atoms with Gasteiger partial charge in [-0.25, -0.2) is 4.39 Å². The minimum atomic E-state index is -4.48. The second-order valence-electron chi connectivity index (χ2n) is 11.3. The Morgan fingerprint density at radius 2 is 0.978 bits per heavy atom. The lowest BCUT2D eigenvalue weighted by Gasteiger charge is -2.21. The van der Waals surface area contributed by atoms with Crippen LogP contribution in [0.3, 0.4) is 0 Å². The first-order valence-corrected chi connectivity index (χ1v) is 14.7. The molecule has 0 aliphatic carbocycles. The van der Waals surface area contributed by atoms with Gasteiger partial charge in [0.15, 0.2) is 0 Å². The summed E-state index contributed by atoms with van der Waals surface area (Å²) in [6.45, 7) is 0. The summed E-state index contributed by atoms with van der Waals surface area (Å²) in [6, 6.07) is 44.7. The van der Waals surface area contributed by atoms with Gasteiger partial charge >= 0.3 is 6.18 Å². The number of halogens is 4. The molecule has 0 bridgehead atoms. The molecule has 8 aromatic rings. The first kappa shape index (κ1) is 27.1. The van der Waals surface area contributed by atoms with Gasteiger partial charge in [-0.3, -0.25) is 0 Å². The highest BCUT2D eigenvalue weighted by molar-refractivity contribution is 6.26. The summed E-state index contributed by atoms with van der Waals surface area (Å²) in [4.78, 5) is 0. The van der Waals surface area contributed by atoms with Crippen molar-refractivity contribution in [2.75, 3.05) is 0 Å². The van der Waals surface area contributed by atoms with E-state index in [4.69, 9.17) is 0 Å². The van der Waals surface area contributed by atoms with Crippen LogP contribution in [-0.2, 0) is 6.18 Å². The first-order chi connectivity index (χ1) is 21.9. The molecule has 4 heteroatoms. The molecular weight excluding hydrogens is 568 g/mol. The topological polar surface area (TPSA) is 0 Å². The number of fused-ring (bicyclic) bond motifs is 5. The molecule has 0 aromatic heterocycles. The van der Waals surface area contributed by atoms with E-state index >= 15 is 0 Å². The van der Waals surface area contributed by atoms with Crippen molar-refractivity contribution >= 4 is 43.1 Å². The largest absolute Gasteiger partial charge is 0.416 e. The van der Waals surface area contributed by atoms with Gasteiger partial charge in [0.25, 0.3) is 0 Å². The van der Waals surface area contributed by atoms with Crippen LogP contribution < -0.4 is 0 Å². The van der Waals surface area contributed by atoms with Gasteiger partial charge in [0.05, 0.1) is 5.56 Å². The average Bonchev–Trinajstić information content (AvgIpc) is 3.06. The van der Waals surface area contributed by atoms with Crippen molar-refractivity contribution in [2.45, 2.75) is 6.18 Å². The second-order valence-corrected chi connectivity index (χ2v) is 11.3. The smallest absolute Gasteiger partial charge is 0.207 e. The summed E-state index contributed by atoms with van der Waals surface area (Å²) in [5, 5.41) is 8.04. The number of alkyl halides is 3. The van der Waals surface area contributed by atoms with Crippen molar-refractivity contribution in [3.05, 3.63) is 157 Å². The van der Waals surface area contributed by atoms with E-state index in [2.05, 4.69) is 42.5 Å². The lowest BCUT2D eigenvalue weighted by atomic mass is 9.83. The summed E-state index contributed by atoms with van der Waals surface area (Å²) in [5.41, 5.74) is 4.25. The first-order valence-electron chi connectivity index (χ1n) is 14.7. The SMILES string of the molecule is Fc1ccc(-c2ccc3c(-c4cc5ccccc5c5ccccc45)c4ccccc4c(-c4cccc(C(F)(F)F)c4)c3c2)cc1. The molecule has 0 amide bonds. The van der Waals surface area contributed by atoms with E-state index < -0.39 is 11.7 Å². The van der Waals surface area contributed by atoms with E-state index in [9.17, 15) is 17.6 Å². The molecule has 216 valence electrons. The minimum Gasteiger partial charge on any atom is -0.207 e. The molecule has 0 radical (unpaired) electrons. The monoisotopic (exact) mass is 592 g/mol. The van der Waals surface area contributed by atoms with Crippen LogP contribution in [0.25, 0.3) is 76.5 Å². The van der Waals surface area contributed by atoms with Gasteiger partial charge in [-0.1, -0.05) is 109 Å². The van der Waals surface area contributed by atoms with Crippen LogP contribution in [0.4, 0.5) is 17.6 Å². The molecule has 0 N–H and O–H groups in total. The Balaban J connectivity index is 1.55. The Morgan fingerprint density at radius 1 is 0.378 bits per heavy atom. The quantitative estimate of drug-likeness (QED) is 0.109. The molecule has 45 heavy (non-hydrogen) atoms. The van der Waals surface area contributed by atoms with Crippen LogP contribution >= 0.6 is 0 Å². The molecule has 0 heterocycles. The molecule has 0 saturated carbocycles. The van der Waals surface area contributed by atoms with Crippen molar-refractivity contribution < 1.29 is 17.6 Å². The number of hydrogen-bond acceptors (Lipinski definition) is 0. The fourth-order valence-corrected chi connectivity index (χ4v) is 6.71. The van der Waals surface area contributed by atoms with Crippen LogP contribution in [0.2, 0.25) is 0 Å². The van der Waals surface area contributed by atoms with Gasteiger partial charge in [0.2, 0.25) is 0 Å². The average molecular weight is 593 g/mol. The molecule has 8 aromatic carbocycles. The van der Waals surface area contributed by atoms with E-state index in [0.717, 1.165) is 77.0 Å². The Labute approximate surface area is 256 Å². The van der Waals surface area contributed by atoms with E-state index in [1.165, 1.54) is 24.3 Å². The third-order valence-corrected chi connectivity index (χ3v) is 8.72. The lowest BCUT2D eigenvalue weighted by Crippen LogP contribution is -2.04. The highest BCUT2D eigenvalue weighted by Crippen LogP contribution is 2.48. The Hall–Kier alpha value is -5.48. The molecule has 0 atom stereocenters. The van der Waals surface area contributed by atoms with Crippen molar-refractivity contribution in [1.29, 1.82) is 0 Å². The van der Waals surface area contributed by atoms with Crippen LogP contribution in [0.5, 0.6) is 0 Å². The van der Waals surface area contributed by atoms with E-state index in [-0.39, 0.29) is 5.82 Å². The zero-order valence-electron chi connectivity index (χ0n) is 23.9. The molecule has 0 fully saturated rings. The summed E-state index contributed by atoms with van der Waals surface area (Å²) in [6.07, 6.45) is -4.48. The van der Waals surface area contributed by atoms with Crippen LogP contribution in [0, 0.1) is 5.82 Å². The van der Waals surface area contributed by atoms with Gasteiger partial charge < -0.3 is 0 Å². The lowest BCUT2D eigenvalue weighted by molar-refractivity contribution is -0.137. The van der Waals surface area contributed by atoms with Crippen molar-refractivity contribution in [3.8, 4) is 33.4 Å². The van der Waals surface area contributed by atoms with Crippen molar-refractivity contribution in [2.24, 2.45) is 0 Å². The Kier molecular flexibility index (Phi) is 6.21. The van der Waals surface area contributed by atoms with Gasteiger partial charge in [0.1, 0.15) is 5.82 Å². The van der Waals surface area contributed by atoms with Gasteiger partial charge in [-0.15, -0.1) is 0 Å². The Bertz CT molecular complexity index is 2420. The van der Waals surface area contributed by atoms with Crippen LogP contribution in [0.15, 0.2) is 146 Å². The molecule has 0 nitrogen and oxygen atoms in total. The minimum absolute atomic E-state index is 0.333. The summed E-state index contributed by atoms with van der Waals surface area (Å²) in [5.74, 6) is -0.333. The number of benzene rings is 8. The fourth-order valence-electron chi connectivity index (χ4n) is 6.71. The van der Waals surface area contributed by atoms with Crippen LogP contribution in [0.1, 0.15) is 5.56 Å². The number of rotatable bonds is 3. The van der Waals surface area contributed by atoms with Crippen molar-refractivity contribution in [3.63, 3.8) is 0 Å². The molecule has 8 rings (SSSR count). The number of hydrogen-bond donors (Lipinski definition) is 0. The van der Waals surface area contributed by atoms with E-state index in [1.807, 2.05) is 54.6 Å². The zero-order chi connectivity index (χ0) is 30.7. The molecule has 0 aliphatic heterocycles. The molecule has 0 unspecified atom stereocenters. The third-order valence-electron chi connectivity index (χ3n) is 8.72. The molecule has 0 aliphatic rings. The summed E-state index contributed by atoms with van der Waals surface area (Å²) < 4.78 is 55.7. The fraction of sp³-hybridized carbons (Fsp3) is 0.0244. The third kappa shape index (κ3) is 4.53. The maximum Gasteiger partial charge on any atom is 0.416 e. The molecule has 0 saturated heterocycles. The predicted molar refractivity (Wildman–Crippen MR) is 178 cm³/mol. The van der Waals surface area contributed by atoms with E-state index in [1.54, 1.807) is 18.2 Å². The van der Waals surface area contributed by atoms with Gasteiger partial charge in [-0.2, -0.15) is 13.2 Å². The summed E-state index contributed by atoms with van der Waals surface area (Å²) >= 11 is 0. The zero-order valence-corrected chi connectivity index (χ0v) is 23.9. The molecular formula is C41H24F4.